The average Bonchev–Trinajstić information content (AvgIpc) is 2.65. The molecule has 0 unspecified atom stereocenters. The van der Waals surface area contributed by atoms with E-state index < -0.39 is 5.97 Å². The van der Waals surface area contributed by atoms with Crippen molar-refractivity contribution in [1.29, 1.82) is 0 Å². The summed E-state index contributed by atoms with van der Waals surface area (Å²) in [4.78, 5) is 23.7. The highest BCUT2D eigenvalue weighted by molar-refractivity contribution is 5.95. The topological polar surface area (TPSA) is 73.9 Å². The normalized spacial score (nSPS) is 10.0. The molecule has 6 heteroatoms. The van der Waals surface area contributed by atoms with Gasteiger partial charge in [-0.1, -0.05) is 18.2 Å². The summed E-state index contributed by atoms with van der Waals surface area (Å²) in [6.07, 6.45) is 0. The molecule has 2 rings (SSSR count). The second kappa shape index (κ2) is 8.73. The number of carbonyl (C=O) groups excluding carboxylic acids is 2. The van der Waals surface area contributed by atoms with Gasteiger partial charge in [-0.15, -0.1) is 0 Å². The zero-order valence-electron chi connectivity index (χ0n) is 14.5. The van der Waals surface area contributed by atoms with Gasteiger partial charge in [0.25, 0.3) is 5.91 Å². The molecule has 0 aliphatic rings. The van der Waals surface area contributed by atoms with Crippen molar-refractivity contribution < 1.29 is 23.8 Å². The molecule has 0 aliphatic heterocycles. The van der Waals surface area contributed by atoms with Crippen LogP contribution >= 0.6 is 0 Å². The second-order valence-corrected chi connectivity index (χ2v) is 5.34. The Labute approximate surface area is 146 Å². The zero-order chi connectivity index (χ0) is 18.2. The number of hydrogen-bond donors (Lipinski definition) is 1. The van der Waals surface area contributed by atoms with Crippen molar-refractivity contribution in [3.05, 3.63) is 59.2 Å². The Morgan fingerprint density at radius 3 is 2.28 bits per heavy atom. The van der Waals surface area contributed by atoms with E-state index in [4.69, 9.17) is 14.2 Å². The van der Waals surface area contributed by atoms with Gasteiger partial charge in [0.05, 0.1) is 14.2 Å². The van der Waals surface area contributed by atoms with Crippen molar-refractivity contribution >= 4 is 11.9 Å². The summed E-state index contributed by atoms with van der Waals surface area (Å²) in [5.74, 6) is 0.347. The van der Waals surface area contributed by atoms with Crippen LogP contribution in [0.3, 0.4) is 0 Å². The summed E-state index contributed by atoms with van der Waals surface area (Å²) in [5.41, 5.74) is 2.21. The highest BCUT2D eigenvalue weighted by Crippen LogP contribution is 2.30. The highest BCUT2D eigenvalue weighted by Gasteiger charge is 2.12. The van der Waals surface area contributed by atoms with Gasteiger partial charge in [-0.05, 0) is 42.3 Å². The van der Waals surface area contributed by atoms with Crippen molar-refractivity contribution in [3.63, 3.8) is 0 Å². The van der Waals surface area contributed by atoms with Gasteiger partial charge in [-0.25, -0.2) is 0 Å². The van der Waals surface area contributed by atoms with E-state index in [0.717, 1.165) is 11.1 Å². The Hall–Kier alpha value is -3.02. The summed E-state index contributed by atoms with van der Waals surface area (Å²) in [5, 5.41) is 2.53. The third-order valence-corrected chi connectivity index (χ3v) is 3.66. The second-order valence-electron chi connectivity index (χ2n) is 5.34. The van der Waals surface area contributed by atoms with Crippen LogP contribution in [-0.2, 0) is 16.1 Å². The Balaban J connectivity index is 1.89. The van der Waals surface area contributed by atoms with E-state index in [1.165, 1.54) is 0 Å². The molecule has 0 atom stereocenters. The molecule has 2 aromatic rings. The molecule has 0 radical (unpaired) electrons. The molecular formula is C19H21NO5. The fraction of sp³-hybridized carbons (Fsp3) is 0.263. The van der Waals surface area contributed by atoms with Gasteiger partial charge in [0.2, 0.25) is 0 Å². The predicted octanol–water partition coefficient (Wildman–Crippen LogP) is 2.49. The summed E-state index contributed by atoms with van der Waals surface area (Å²) in [6, 6.07) is 12.3. The lowest BCUT2D eigenvalue weighted by atomic mass is 10.1. The largest absolute Gasteiger partial charge is 0.493 e. The maximum atomic E-state index is 11.9. The van der Waals surface area contributed by atoms with E-state index in [0.29, 0.717) is 17.1 Å². The maximum Gasteiger partial charge on any atom is 0.325 e. The molecule has 0 aromatic heterocycles. The Morgan fingerprint density at radius 1 is 1.00 bits per heavy atom. The van der Waals surface area contributed by atoms with Crippen molar-refractivity contribution in [2.75, 3.05) is 20.8 Å². The van der Waals surface area contributed by atoms with Crippen LogP contribution in [0.5, 0.6) is 11.5 Å². The van der Waals surface area contributed by atoms with E-state index in [2.05, 4.69) is 5.32 Å². The molecule has 0 saturated carbocycles. The number of rotatable bonds is 7. The van der Waals surface area contributed by atoms with Gasteiger partial charge in [-0.3, -0.25) is 9.59 Å². The van der Waals surface area contributed by atoms with E-state index in [1.54, 1.807) is 44.6 Å². The lowest BCUT2D eigenvalue weighted by molar-refractivity contribution is -0.143. The smallest absolute Gasteiger partial charge is 0.325 e. The van der Waals surface area contributed by atoms with Crippen molar-refractivity contribution in [2.45, 2.75) is 13.5 Å². The van der Waals surface area contributed by atoms with Crippen LogP contribution < -0.4 is 14.8 Å². The molecular weight excluding hydrogens is 322 g/mol. The fourth-order valence-corrected chi connectivity index (χ4v) is 2.23. The quantitative estimate of drug-likeness (QED) is 0.782. The molecule has 0 saturated heterocycles. The highest BCUT2D eigenvalue weighted by atomic mass is 16.5. The molecule has 0 bridgehead atoms. The van der Waals surface area contributed by atoms with Crippen molar-refractivity contribution in [2.24, 2.45) is 0 Å². The SMILES string of the molecule is COc1cc(C)c(COC(=O)CNC(=O)c2ccccc2)cc1OC. The lowest BCUT2D eigenvalue weighted by Crippen LogP contribution is -2.30. The summed E-state index contributed by atoms with van der Waals surface area (Å²) in [6.45, 7) is 1.79. The van der Waals surface area contributed by atoms with E-state index in [9.17, 15) is 9.59 Å². The molecule has 2 aromatic carbocycles. The monoisotopic (exact) mass is 343 g/mol. The van der Waals surface area contributed by atoms with Gasteiger partial charge in [0.1, 0.15) is 13.2 Å². The minimum absolute atomic E-state index is 0.0895. The van der Waals surface area contributed by atoms with E-state index in [1.807, 2.05) is 19.1 Å². The minimum atomic E-state index is -0.515. The number of hydrogen-bond acceptors (Lipinski definition) is 5. The number of aryl methyl sites for hydroxylation is 1. The van der Waals surface area contributed by atoms with Gasteiger partial charge < -0.3 is 19.5 Å². The molecule has 1 N–H and O–H groups in total. The number of methoxy groups -OCH3 is 2. The lowest BCUT2D eigenvalue weighted by Gasteiger charge is -2.13. The number of ether oxygens (including phenoxy) is 3. The molecule has 0 aliphatic carbocycles. The predicted molar refractivity (Wildman–Crippen MR) is 92.9 cm³/mol. The van der Waals surface area contributed by atoms with Gasteiger partial charge >= 0.3 is 5.97 Å². The Morgan fingerprint density at radius 2 is 1.64 bits per heavy atom. The first-order valence-electron chi connectivity index (χ1n) is 7.75. The summed E-state index contributed by atoms with van der Waals surface area (Å²) < 4.78 is 15.7. The van der Waals surface area contributed by atoms with Gasteiger partial charge in [0, 0.05) is 5.56 Å². The standard InChI is InChI=1S/C19H21NO5/c1-13-9-16(23-2)17(24-3)10-15(13)12-25-18(21)11-20-19(22)14-7-5-4-6-8-14/h4-10H,11-12H2,1-3H3,(H,20,22). The van der Waals surface area contributed by atoms with Crippen LogP contribution in [0.1, 0.15) is 21.5 Å². The fourth-order valence-electron chi connectivity index (χ4n) is 2.23. The third-order valence-electron chi connectivity index (χ3n) is 3.66. The summed E-state index contributed by atoms with van der Waals surface area (Å²) in [7, 11) is 3.11. The Bertz CT molecular complexity index is 743. The van der Waals surface area contributed by atoms with Crippen molar-refractivity contribution in [1.82, 2.24) is 5.32 Å². The molecule has 132 valence electrons. The molecule has 1 amide bonds. The van der Waals surface area contributed by atoms with Crippen LogP contribution in [-0.4, -0.2) is 32.6 Å². The summed E-state index contributed by atoms with van der Waals surface area (Å²) >= 11 is 0. The molecule has 0 fully saturated rings. The Kier molecular flexibility index (Phi) is 6.39. The maximum absolute atomic E-state index is 11.9. The molecule has 6 nitrogen and oxygen atoms in total. The third kappa shape index (κ3) is 4.97. The average molecular weight is 343 g/mol. The van der Waals surface area contributed by atoms with E-state index >= 15 is 0 Å². The number of esters is 1. The first kappa shape index (κ1) is 18.3. The van der Waals surface area contributed by atoms with Crippen LogP contribution in [0.25, 0.3) is 0 Å². The molecule has 0 heterocycles. The van der Waals surface area contributed by atoms with E-state index in [-0.39, 0.29) is 19.1 Å². The number of amides is 1. The van der Waals surface area contributed by atoms with Crippen molar-refractivity contribution in [3.8, 4) is 11.5 Å². The van der Waals surface area contributed by atoms with Crippen LogP contribution in [0.4, 0.5) is 0 Å². The number of carbonyl (C=O) groups is 2. The molecule has 25 heavy (non-hydrogen) atoms. The zero-order valence-corrected chi connectivity index (χ0v) is 14.5. The van der Waals surface area contributed by atoms with Crippen LogP contribution in [0.2, 0.25) is 0 Å². The first-order valence-corrected chi connectivity index (χ1v) is 7.75. The number of nitrogens with one attached hydrogen (secondary N) is 1. The number of benzene rings is 2. The van der Waals surface area contributed by atoms with Gasteiger partial charge in [0.15, 0.2) is 11.5 Å². The molecule has 0 spiro atoms. The minimum Gasteiger partial charge on any atom is -0.493 e. The van der Waals surface area contributed by atoms with Gasteiger partial charge in [-0.2, -0.15) is 0 Å². The van der Waals surface area contributed by atoms with Crippen LogP contribution in [0, 0.1) is 6.92 Å². The first-order chi connectivity index (χ1) is 12.0. The van der Waals surface area contributed by atoms with Crippen LogP contribution in [0.15, 0.2) is 42.5 Å².